The summed E-state index contributed by atoms with van der Waals surface area (Å²) in [5.74, 6) is 1.49. The van der Waals surface area contributed by atoms with Crippen LogP contribution >= 0.6 is 11.6 Å². The highest BCUT2D eigenvalue weighted by molar-refractivity contribution is 7.92. The Labute approximate surface area is 238 Å². The van der Waals surface area contributed by atoms with Crippen LogP contribution in [-0.4, -0.2) is 92.1 Å². The van der Waals surface area contributed by atoms with Crippen LogP contribution in [0.3, 0.4) is 0 Å². The molecule has 0 unspecified atom stereocenters. The zero-order chi connectivity index (χ0) is 28.0. The van der Waals surface area contributed by atoms with E-state index in [-0.39, 0.29) is 29.2 Å². The van der Waals surface area contributed by atoms with Gasteiger partial charge < -0.3 is 25.2 Å². The molecule has 0 bridgehead atoms. The number of nitrogens with zero attached hydrogens (tertiary/aromatic N) is 6. The second-order valence-electron chi connectivity index (χ2n) is 10.7. The standard InChI is InChI=1S/C26H33ClN8O4S/c1-40(37,38)31-20-6-5-17(27)12-19(20)26(36)34-7-3-2-4-22(34)21-13-24-29-23(33-15-18(28)16-33)14-25(35(24)30-21)32-8-10-39-11-9-32/h5-6,12-14,18,22,31H,2-4,7-11,15-16,28H2,1H3/t22-/m0/s1. The Hall–Kier alpha value is -3.13. The molecule has 3 fully saturated rings. The summed E-state index contributed by atoms with van der Waals surface area (Å²) < 4.78 is 33.9. The number of benzene rings is 1. The summed E-state index contributed by atoms with van der Waals surface area (Å²) in [6.07, 6.45) is 3.55. The molecule has 1 aromatic carbocycles. The highest BCUT2D eigenvalue weighted by Gasteiger charge is 2.33. The topological polar surface area (TPSA) is 138 Å². The highest BCUT2D eigenvalue weighted by Crippen LogP contribution is 2.35. The monoisotopic (exact) mass is 588 g/mol. The lowest BCUT2D eigenvalue weighted by Crippen LogP contribution is -2.56. The number of halogens is 1. The van der Waals surface area contributed by atoms with Gasteiger partial charge in [0.2, 0.25) is 10.0 Å². The lowest BCUT2D eigenvalue weighted by molar-refractivity contribution is 0.0607. The van der Waals surface area contributed by atoms with Crippen molar-refractivity contribution < 1.29 is 17.9 Å². The Kier molecular flexibility index (Phi) is 7.23. The predicted octanol–water partition coefficient (Wildman–Crippen LogP) is 2.11. The van der Waals surface area contributed by atoms with Crippen LogP contribution in [0.5, 0.6) is 0 Å². The summed E-state index contributed by atoms with van der Waals surface area (Å²) in [6.45, 7) is 4.77. The van der Waals surface area contributed by atoms with Gasteiger partial charge in [-0.25, -0.2) is 13.4 Å². The van der Waals surface area contributed by atoms with Crippen molar-refractivity contribution in [3.05, 3.63) is 46.6 Å². The van der Waals surface area contributed by atoms with Crippen LogP contribution in [0.4, 0.5) is 17.3 Å². The molecule has 0 saturated carbocycles. The third-order valence-electron chi connectivity index (χ3n) is 7.60. The van der Waals surface area contributed by atoms with Gasteiger partial charge in [0.15, 0.2) is 5.65 Å². The molecular formula is C26H33ClN8O4S. The molecule has 0 radical (unpaired) electrons. The van der Waals surface area contributed by atoms with E-state index < -0.39 is 10.0 Å². The van der Waals surface area contributed by atoms with Gasteiger partial charge in [0.05, 0.1) is 42.5 Å². The number of rotatable bonds is 6. The van der Waals surface area contributed by atoms with Crippen molar-refractivity contribution >= 4 is 50.5 Å². The van der Waals surface area contributed by atoms with E-state index in [0.29, 0.717) is 30.4 Å². The van der Waals surface area contributed by atoms with Crippen LogP contribution in [0.25, 0.3) is 5.65 Å². The highest BCUT2D eigenvalue weighted by atomic mass is 35.5. The number of fused-ring (bicyclic) bond motifs is 1. The van der Waals surface area contributed by atoms with Gasteiger partial charge in [0, 0.05) is 55.9 Å². The van der Waals surface area contributed by atoms with Crippen LogP contribution in [0.15, 0.2) is 30.3 Å². The number of nitrogens with one attached hydrogen (secondary N) is 1. The maximum atomic E-state index is 13.9. The number of ether oxygens (including phenoxy) is 1. The maximum absolute atomic E-state index is 13.9. The maximum Gasteiger partial charge on any atom is 0.256 e. The average Bonchev–Trinajstić information content (AvgIpc) is 3.35. The number of morpholine rings is 1. The fourth-order valence-corrected chi connectivity index (χ4v) is 6.37. The molecule has 1 atom stereocenters. The number of carbonyl (C=O) groups is 1. The van der Waals surface area contributed by atoms with Gasteiger partial charge in [0.25, 0.3) is 5.91 Å². The minimum absolute atomic E-state index is 0.140. The third kappa shape index (κ3) is 5.42. The zero-order valence-corrected chi connectivity index (χ0v) is 23.9. The molecule has 1 amide bonds. The molecule has 40 heavy (non-hydrogen) atoms. The number of sulfonamides is 1. The van der Waals surface area contributed by atoms with Gasteiger partial charge in [-0.2, -0.15) is 9.61 Å². The Balaban J connectivity index is 1.38. The van der Waals surface area contributed by atoms with Gasteiger partial charge in [-0.15, -0.1) is 0 Å². The smallest absolute Gasteiger partial charge is 0.256 e. The number of amides is 1. The van der Waals surface area contributed by atoms with Crippen molar-refractivity contribution in [3.8, 4) is 0 Å². The van der Waals surface area contributed by atoms with Crippen LogP contribution < -0.4 is 20.3 Å². The van der Waals surface area contributed by atoms with Gasteiger partial charge in [-0.3, -0.25) is 9.52 Å². The van der Waals surface area contributed by atoms with Gasteiger partial charge in [-0.05, 0) is 37.5 Å². The quantitative estimate of drug-likeness (QED) is 0.443. The minimum atomic E-state index is -3.60. The fraction of sp³-hybridized carbons (Fsp3) is 0.500. The molecule has 214 valence electrons. The summed E-state index contributed by atoms with van der Waals surface area (Å²) >= 11 is 6.24. The molecule has 5 heterocycles. The van der Waals surface area contributed by atoms with Crippen molar-refractivity contribution in [3.63, 3.8) is 0 Å². The van der Waals surface area contributed by atoms with Crippen LogP contribution in [0, 0.1) is 0 Å². The molecule has 0 aliphatic carbocycles. The van der Waals surface area contributed by atoms with Gasteiger partial charge >= 0.3 is 0 Å². The number of anilines is 3. The lowest BCUT2D eigenvalue weighted by Gasteiger charge is -2.38. The van der Waals surface area contributed by atoms with Crippen LogP contribution in [0.1, 0.15) is 41.4 Å². The zero-order valence-electron chi connectivity index (χ0n) is 22.3. The number of aromatic nitrogens is 3. The molecule has 3 N–H and O–H groups in total. The van der Waals surface area contributed by atoms with E-state index in [1.807, 2.05) is 10.6 Å². The van der Waals surface area contributed by atoms with E-state index >= 15 is 0 Å². The molecule has 0 spiro atoms. The molecule has 12 nitrogen and oxygen atoms in total. The molecule has 3 aliphatic heterocycles. The third-order valence-corrected chi connectivity index (χ3v) is 8.42. The number of likely N-dealkylation sites (tertiary alicyclic amines) is 1. The van der Waals surface area contributed by atoms with Crippen molar-refractivity contribution in [2.75, 3.05) is 66.7 Å². The summed E-state index contributed by atoms with van der Waals surface area (Å²) in [7, 11) is -3.60. The van der Waals surface area contributed by atoms with E-state index in [1.54, 1.807) is 11.0 Å². The number of nitrogens with two attached hydrogens (primary N) is 1. The van der Waals surface area contributed by atoms with E-state index in [4.69, 9.17) is 32.2 Å². The molecule has 2 aromatic heterocycles. The molecule has 6 rings (SSSR count). The first-order valence-corrected chi connectivity index (χ1v) is 15.8. The van der Waals surface area contributed by atoms with Crippen LogP contribution in [0.2, 0.25) is 5.02 Å². The van der Waals surface area contributed by atoms with E-state index in [0.717, 1.165) is 69.0 Å². The van der Waals surface area contributed by atoms with Crippen LogP contribution in [-0.2, 0) is 14.8 Å². The molecular weight excluding hydrogens is 556 g/mol. The van der Waals surface area contributed by atoms with E-state index in [2.05, 4.69) is 20.6 Å². The first-order chi connectivity index (χ1) is 19.2. The predicted molar refractivity (Wildman–Crippen MR) is 154 cm³/mol. The largest absolute Gasteiger partial charge is 0.378 e. The van der Waals surface area contributed by atoms with E-state index in [9.17, 15) is 13.2 Å². The Morgan fingerprint density at radius 1 is 1.10 bits per heavy atom. The van der Waals surface area contributed by atoms with Gasteiger partial charge in [-0.1, -0.05) is 11.6 Å². The summed E-state index contributed by atoms with van der Waals surface area (Å²) in [4.78, 5) is 25.0. The first-order valence-electron chi connectivity index (χ1n) is 13.5. The average molecular weight is 589 g/mol. The minimum Gasteiger partial charge on any atom is -0.378 e. The number of carbonyl (C=O) groups excluding carboxylic acids is 1. The SMILES string of the molecule is CS(=O)(=O)Nc1ccc(Cl)cc1C(=O)N1CCCC[C@H]1c1cc2nc(N3CC(N)C3)cc(N3CCOCC3)n2n1. The fourth-order valence-electron chi connectivity index (χ4n) is 5.62. The lowest BCUT2D eigenvalue weighted by atomic mass is 9.98. The number of hydrogen-bond acceptors (Lipinski definition) is 9. The summed E-state index contributed by atoms with van der Waals surface area (Å²) in [6, 6.07) is 8.43. The molecule has 3 aliphatic rings. The van der Waals surface area contributed by atoms with Crippen molar-refractivity contribution in [1.29, 1.82) is 0 Å². The second kappa shape index (κ2) is 10.7. The molecule has 3 aromatic rings. The Morgan fingerprint density at radius 3 is 2.60 bits per heavy atom. The molecule has 14 heteroatoms. The van der Waals surface area contributed by atoms with Crippen molar-refractivity contribution in [1.82, 2.24) is 19.5 Å². The van der Waals surface area contributed by atoms with Crippen molar-refractivity contribution in [2.45, 2.75) is 31.3 Å². The molecule has 3 saturated heterocycles. The summed E-state index contributed by atoms with van der Waals surface area (Å²) in [5.41, 5.74) is 7.90. The van der Waals surface area contributed by atoms with Crippen molar-refractivity contribution in [2.24, 2.45) is 5.73 Å². The van der Waals surface area contributed by atoms with Gasteiger partial charge in [0.1, 0.15) is 11.6 Å². The first kappa shape index (κ1) is 27.1. The number of hydrogen-bond donors (Lipinski definition) is 2. The second-order valence-corrected chi connectivity index (χ2v) is 12.8. The Morgan fingerprint density at radius 2 is 1.88 bits per heavy atom. The Bertz CT molecular complexity index is 1530. The summed E-state index contributed by atoms with van der Waals surface area (Å²) in [5, 5.41) is 5.34. The van der Waals surface area contributed by atoms with E-state index in [1.165, 1.54) is 12.1 Å². The normalized spacial score (nSPS) is 20.6. The number of piperidine rings is 1.